The highest BCUT2D eigenvalue weighted by molar-refractivity contribution is 7.89. The summed E-state index contributed by atoms with van der Waals surface area (Å²) >= 11 is 0. The van der Waals surface area contributed by atoms with E-state index in [1.165, 1.54) is 16.4 Å². The van der Waals surface area contributed by atoms with Crippen LogP contribution in [0, 0.1) is 5.82 Å². The lowest BCUT2D eigenvalue weighted by atomic mass is 10.1. The van der Waals surface area contributed by atoms with Crippen LogP contribution in [0.3, 0.4) is 0 Å². The van der Waals surface area contributed by atoms with Gasteiger partial charge in [0.1, 0.15) is 11.9 Å². The van der Waals surface area contributed by atoms with E-state index in [0.29, 0.717) is 19.4 Å². The largest absolute Gasteiger partial charge is 0.351 e. The molecule has 0 bridgehead atoms. The monoisotopic (exact) mass is 442 g/mol. The zero-order valence-electron chi connectivity index (χ0n) is 16.8. The SMILES string of the molecule is O=C(NCc1ccccc1Cn1cccn1)[C@@H]1CCCN1S(=O)(=O)c1ccc(F)cc1. The number of sulfonamides is 1. The van der Waals surface area contributed by atoms with Gasteiger partial charge in [0, 0.05) is 25.5 Å². The number of halogens is 1. The summed E-state index contributed by atoms with van der Waals surface area (Å²) in [6, 6.07) is 13.5. The zero-order chi connectivity index (χ0) is 21.8. The molecule has 0 unspecified atom stereocenters. The predicted molar refractivity (Wildman–Crippen MR) is 113 cm³/mol. The average Bonchev–Trinajstić information content (AvgIpc) is 3.46. The summed E-state index contributed by atoms with van der Waals surface area (Å²) in [5.74, 6) is -0.847. The summed E-state index contributed by atoms with van der Waals surface area (Å²) in [6.07, 6.45) is 4.61. The van der Waals surface area contributed by atoms with Gasteiger partial charge in [-0.15, -0.1) is 0 Å². The standard InChI is InChI=1S/C22H23FN4O3S/c23-19-8-10-20(11-9-19)31(29,30)27-14-3-7-21(27)22(28)24-15-17-5-1-2-6-18(17)16-26-13-4-12-25-26/h1-2,4-6,8-13,21H,3,7,14-16H2,(H,24,28)/t21-/m0/s1. The molecule has 31 heavy (non-hydrogen) atoms. The second-order valence-electron chi connectivity index (χ2n) is 7.42. The van der Waals surface area contributed by atoms with Crippen LogP contribution in [0.5, 0.6) is 0 Å². The molecular formula is C22H23FN4O3S. The molecule has 1 aliphatic rings. The molecule has 1 saturated heterocycles. The van der Waals surface area contributed by atoms with E-state index in [4.69, 9.17) is 0 Å². The zero-order valence-corrected chi connectivity index (χ0v) is 17.6. The van der Waals surface area contributed by atoms with Gasteiger partial charge in [0.05, 0.1) is 11.4 Å². The molecule has 162 valence electrons. The van der Waals surface area contributed by atoms with Crippen molar-refractivity contribution in [3.63, 3.8) is 0 Å². The number of amides is 1. The van der Waals surface area contributed by atoms with Crippen molar-refractivity contribution in [2.45, 2.75) is 36.9 Å². The Morgan fingerprint density at radius 1 is 1.10 bits per heavy atom. The molecule has 0 spiro atoms. The van der Waals surface area contributed by atoms with Crippen molar-refractivity contribution < 1.29 is 17.6 Å². The third-order valence-electron chi connectivity index (χ3n) is 5.39. The summed E-state index contributed by atoms with van der Waals surface area (Å²) in [5, 5.41) is 7.10. The molecule has 0 radical (unpaired) electrons. The van der Waals surface area contributed by atoms with Crippen molar-refractivity contribution in [1.29, 1.82) is 0 Å². The Morgan fingerprint density at radius 3 is 2.55 bits per heavy atom. The highest BCUT2D eigenvalue weighted by atomic mass is 32.2. The van der Waals surface area contributed by atoms with Crippen molar-refractivity contribution in [2.75, 3.05) is 6.54 Å². The van der Waals surface area contributed by atoms with Gasteiger partial charge < -0.3 is 5.32 Å². The minimum atomic E-state index is -3.88. The molecule has 2 aromatic carbocycles. The van der Waals surface area contributed by atoms with Crippen molar-refractivity contribution in [3.05, 3.63) is 83.9 Å². The van der Waals surface area contributed by atoms with Crippen molar-refractivity contribution in [1.82, 2.24) is 19.4 Å². The molecule has 1 N–H and O–H groups in total. The Balaban J connectivity index is 1.46. The third kappa shape index (κ3) is 4.67. The lowest BCUT2D eigenvalue weighted by Gasteiger charge is -2.23. The van der Waals surface area contributed by atoms with E-state index in [0.717, 1.165) is 23.3 Å². The first-order valence-electron chi connectivity index (χ1n) is 10.0. The fourth-order valence-electron chi connectivity index (χ4n) is 3.78. The minimum absolute atomic E-state index is 0.0156. The van der Waals surface area contributed by atoms with Crippen LogP contribution in [0.4, 0.5) is 4.39 Å². The minimum Gasteiger partial charge on any atom is -0.351 e. The lowest BCUT2D eigenvalue weighted by Crippen LogP contribution is -2.45. The fourth-order valence-corrected chi connectivity index (χ4v) is 5.44. The number of rotatable bonds is 7. The van der Waals surface area contributed by atoms with Crippen LogP contribution < -0.4 is 5.32 Å². The lowest BCUT2D eigenvalue weighted by molar-refractivity contribution is -0.124. The number of nitrogens with zero attached hydrogens (tertiary/aromatic N) is 3. The summed E-state index contributed by atoms with van der Waals surface area (Å²) in [7, 11) is -3.88. The van der Waals surface area contributed by atoms with Crippen molar-refractivity contribution in [3.8, 4) is 0 Å². The maximum Gasteiger partial charge on any atom is 0.243 e. The molecular weight excluding hydrogens is 419 g/mol. The van der Waals surface area contributed by atoms with Gasteiger partial charge in [-0.3, -0.25) is 9.48 Å². The molecule has 4 rings (SSSR count). The third-order valence-corrected chi connectivity index (χ3v) is 7.31. The first kappa shape index (κ1) is 21.2. The first-order valence-corrected chi connectivity index (χ1v) is 11.5. The predicted octanol–water partition coefficient (Wildman–Crippen LogP) is 2.54. The van der Waals surface area contributed by atoms with Gasteiger partial charge in [0.25, 0.3) is 0 Å². The van der Waals surface area contributed by atoms with Crippen LogP contribution in [0.15, 0.2) is 71.9 Å². The molecule has 1 amide bonds. The van der Waals surface area contributed by atoms with Crippen molar-refractivity contribution in [2.24, 2.45) is 0 Å². The molecule has 0 aliphatic carbocycles. The summed E-state index contributed by atoms with van der Waals surface area (Å²) in [5.41, 5.74) is 1.96. The molecule has 1 aromatic heterocycles. The van der Waals surface area contributed by atoms with Gasteiger partial charge >= 0.3 is 0 Å². The Kier molecular flexibility index (Phi) is 6.15. The first-order chi connectivity index (χ1) is 14.9. The maximum atomic E-state index is 13.2. The quantitative estimate of drug-likeness (QED) is 0.610. The van der Waals surface area contributed by atoms with Crippen LogP contribution >= 0.6 is 0 Å². The van der Waals surface area contributed by atoms with E-state index in [1.54, 1.807) is 10.9 Å². The topological polar surface area (TPSA) is 84.3 Å². The molecule has 9 heteroatoms. The number of benzene rings is 2. The van der Waals surface area contributed by atoms with Crippen LogP contribution in [-0.4, -0.2) is 41.0 Å². The van der Waals surface area contributed by atoms with Crippen LogP contribution in [-0.2, 0) is 27.9 Å². The van der Waals surface area contributed by atoms with Crippen LogP contribution in [0.25, 0.3) is 0 Å². The number of carbonyl (C=O) groups excluding carboxylic acids is 1. The number of nitrogens with one attached hydrogen (secondary N) is 1. The van der Waals surface area contributed by atoms with Gasteiger partial charge in [-0.1, -0.05) is 24.3 Å². The van der Waals surface area contributed by atoms with Gasteiger partial charge in [0.2, 0.25) is 15.9 Å². The highest BCUT2D eigenvalue weighted by Gasteiger charge is 2.39. The molecule has 3 aromatic rings. The van der Waals surface area contributed by atoms with Gasteiger partial charge in [-0.25, -0.2) is 12.8 Å². The fraction of sp³-hybridized carbons (Fsp3) is 0.273. The average molecular weight is 443 g/mol. The molecule has 7 nitrogen and oxygen atoms in total. The summed E-state index contributed by atoms with van der Waals surface area (Å²) in [4.78, 5) is 12.9. The van der Waals surface area contributed by atoms with Gasteiger partial charge in [-0.2, -0.15) is 9.40 Å². The Morgan fingerprint density at radius 2 is 1.84 bits per heavy atom. The highest BCUT2D eigenvalue weighted by Crippen LogP contribution is 2.26. The van der Waals surface area contributed by atoms with E-state index in [9.17, 15) is 17.6 Å². The summed E-state index contributed by atoms with van der Waals surface area (Å²) in [6.45, 7) is 1.12. The maximum absolute atomic E-state index is 13.2. The van der Waals surface area contributed by atoms with E-state index in [-0.39, 0.29) is 23.9 Å². The number of hydrogen-bond donors (Lipinski definition) is 1. The van der Waals surface area contributed by atoms with Crippen LogP contribution in [0.2, 0.25) is 0 Å². The number of carbonyl (C=O) groups is 1. The van der Waals surface area contributed by atoms with E-state index in [1.807, 2.05) is 36.5 Å². The molecule has 1 atom stereocenters. The number of aromatic nitrogens is 2. The summed E-state index contributed by atoms with van der Waals surface area (Å²) < 4.78 is 42.2. The molecule has 1 fully saturated rings. The second kappa shape index (κ2) is 8.99. The molecule has 1 aliphatic heterocycles. The van der Waals surface area contributed by atoms with E-state index in [2.05, 4.69) is 10.4 Å². The molecule has 0 saturated carbocycles. The van der Waals surface area contributed by atoms with Gasteiger partial charge in [-0.05, 0) is 54.3 Å². The Labute approximate surface area is 180 Å². The smallest absolute Gasteiger partial charge is 0.243 e. The van der Waals surface area contributed by atoms with E-state index >= 15 is 0 Å². The van der Waals surface area contributed by atoms with Crippen molar-refractivity contribution >= 4 is 15.9 Å². The van der Waals surface area contributed by atoms with Crippen LogP contribution in [0.1, 0.15) is 24.0 Å². The second-order valence-corrected chi connectivity index (χ2v) is 9.31. The van der Waals surface area contributed by atoms with Gasteiger partial charge in [0.15, 0.2) is 0 Å². The van der Waals surface area contributed by atoms with E-state index < -0.39 is 21.9 Å². The Bertz CT molecular complexity index is 1150. The number of hydrogen-bond acceptors (Lipinski definition) is 4. The normalized spacial score (nSPS) is 17.0. The molecule has 2 heterocycles. The Hall–Kier alpha value is -3.04.